The summed E-state index contributed by atoms with van der Waals surface area (Å²) in [5.74, 6) is -0.0999. The van der Waals surface area contributed by atoms with Gasteiger partial charge in [-0.25, -0.2) is 19.2 Å². The average molecular weight is 1150 g/mol. The van der Waals surface area contributed by atoms with Crippen molar-refractivity contribution in [2.45, 2.75) is 140 Å². The number of carbonyl (C=O) groups excluding carboxylic acids is 4. The summed E-state index contributed by atoms with van der Waals surface area (Å²) in [6, 6.07) is 14.9. The molecule has 2 fully saturated rings. The van der Waals surface area contributed by atoms with Crippen molar-refractivity contribution in [3.8, 4) is 0 Å². The molecule has 7 atom stereocenters. The van der Waals surface area contributed by atoms with Crippen LogP contribution in [0, 0.1) is 11.8 Å². The van der Waals surface area contributed by atoms with Gasteiger partial charge in [-0.3, -0.25) is 4.57 Å². The van der Waals surface area contributed by atoms with Crippen LogP contribution in [0.4, 0.5) is 0 Å². The van der Waals surface area contributed by atoms with Gasteiger partial charge in [0.15, 0.2) is 3.82 Å². The van der Waals surface area contributed by atoms with Gasteiger partial charge in [-0.15, -0.1) is 47.0 Å². The summed E-state index contributed by atoms with van der Waals surface area (Å²) in [6.07, 6.45) is 23.5. The molecule has 2 aliphatic heterocycles. The number of carbonyl (C=O) groups is 4. The minimum atomic E-state index is -3.56. The number of unbranched alkanes of at least 4 members (excludes halogenated alkanes) is 7. The van der Waals surface area contributed by atoms with E-state index in [4.69, 9.17) is 32.5 Å². The van der Waals surface area contributed by atoms with Crippen LogP contribution in [0.15, 0.2) is 97.1 Å². The lowest BCUT2D eigenvalue weighted by Gasteiger charge is -2.40. The Morgan fingerprint density at radius 1 is 0.613 bits per heavy atom. The molecule has 2 aromatic carbocycles. The maximum absolute atomic E-state index is 14.9. The predicted octanol–water partition coefficient (Wildman–Crippen LogP) is 15.1. The van der Waals surface area contributed by atoms with Gasteiger partial charge < -0.3 is 32.5 Å². The molecule has 2 saturated heterocycles. The molecule has 2 aliphatic carbocycles. The van der Waals surface area contributed by atoms with E-state index in [1.165, 1.54) is 51.4 Å². The third-order valence-corrected chi connectivity index (χ3v) is 28.8. The minimum absolute atomic E-state index is 0.0128. The van der Waals surface area contributed by atoms with Crippen molar-refractivity contribution in [2.24, 2.45) is 11.8 Å². The summed E-state index contributed by atoms with van der Waals surface area (Å²) in [5.41, 5.74) is 3.58. The Morgan fingerprint density at radius 3 is 1.51 bits per heavy atom. The highest BCUT2D eigenvalue weighted by Crippen LogP contribution is 2.81. The molecule has 0 aromatic heterocycles. The molecule has 6 rings (SSSR count). The molecule has 0 spiro atoms. The van der Waals surface area contributed by atoms with Gasteiger partial charge in [-0.2, -0.15) is 0 Å². The largest absolute Gasteiger partial charge is 0.459 e. The fourth-order valence-corrected chi connectivity index (χ4v) is 24.5. The quantitative estimate of drug-likeness (QED) is 0.0161. The summed E-state index contributed by atoms with van der Waals surface area (Å²) in [6.45, 7) is 19.5. The van der Waals surface area contributed by atoms with Crippen LogP contribution >= 0.6 is 62.8 Å². The van der Waals surface area contributed by atoms with Gasteiger partial charge in [0, 0.05) is 50.6 Å². The van der Waals surface area contributed by atoms with Crippen LogP contribution in [0.2, 0.25) is 0 Å². The number of ether oxygens (including phenoxy) is 4. The summed E-state index contributed by atoms with van der Waals surface area (Å²) in [5, 5.41) is 0. The molecular weight excluding hydrogens is 1070 g/mol. The smallest absolute Gasteiger partial charge is 0.357 e. The van der Waals surface area contributed by atoms with Crippen molar-refractivity contribution in [3.05, 3.63) is 119 Å². The van der Waals surface area contributed by atoms with Crippen LogP contribution in [0.5, 0.6) is 0 Å². The molecule has 2 aromatic rings. The zero-order valence-electron chi connectivity index (χ0n) is 44.8. The number of allylic oxidation sites excluding steroid dienone is 2. The first kappa shape index (κ1) is 61.4. The van der Waals surface area contributed by atoms with Crippen molar-refractivity contribution >= 4 is 86.7 Å². The van der Waals surface area contributed by atoms with Gasteiger partial charge >= 0.3 is 31.5 Å². The van der Waals surface area contributed by atoms with Crippen molar-refractivity contribution < 1.29 is 56.3 Å². The number of rotatable bonds is 35. The first-order valence-electron chi connectivity index (χ1n) is 26.5. The molecule has 12 nitrogen and oxygen atoms in total. The van der Waals surface area contributed by atoms with Crippen LogP contribution in [0.25, 0.3) is 0 Å². The van der Waals surface area contributed by atoms with E-state index in [1.54, 1.807) is 61.6 Å². The van der Waals surface area contributed by atoms with Crippen LogP contribution in [-0.2, 0) is 58.2 Å². The van der Waals surface area contributed by atoms with Crippen molar-refractivity contribution in [1.82, 2.24) is 0 Å². The highest BCUT2D eigenvalue weighted by molar-refractivity contribution is 8.26. The lowest BCUT2D eigenvalue weighted by Crippen LogP contribution is -2.30. The predicted molar refractivity (Wildman–Crippen MR) is 310 cm³/mol. The maximum Gasteiger partial charge on any atom is 0.357 e. The van der Waals surface area contributed by atoms with E-state index in [0.717, 1.165) is 42.6 Å². The van der Waals surface area contributed by atoms with E-state index in [0.29, 0.717) is 48.2 Å². The first-order valence-corrected chi connectivity index (χ1v) is 33.3. The standard InChI is InChI=1S/C57H78O12P2S4/c1-9-67-70(8)56(72-40-44-20-24-46(25-21-44)52(60)65-36-34-63-50(58)42(4)5)48-28-32-54(38-48,74-56)30-18-16-14-12-13-15-17-19-31-55-33-29-49(39-55)57(75-55,71(62,68-10-2)69-11-3)73-41-45-22-26-47(27-23-45)53(61)66-37-35-64-51(59)43(6)7/h20-29,32-33,48-49H,4,6,9-19,30-31,34-41H2,1-3,5,7-8H3. The molecule has 0 radical (unpaired) electrons. The third kappa shape index (κ3) is 16.0. The van der Waals surface area contributed by atoms with Crippen molar-refractivity contribution in [3.63, 3.8) is 0 Å². The summed E-state index contributed by atoms with van der Waals surface area (Å²) in [4.78, 5) is 48.5. The van der Waals surface area contributed by atoms with Gasteiger partial charge in [0.2, 0.25) is 0 Å². The number of hydrogen-bond donors (Lipinski definition) is 0. The fraction of sp³-hybridized carbons (Fsp3) is 0.579. The van der Waals surface area contributed by atoms with Crippen molar-refractivity contribution in [2.75, 3.05) is 52.9 Å². The first-order chi connectivity index (χ1) is 36.0. The van der Waals surface area contributed by atoms with Crippen LogP contribution in [-0.4, -0.2) is 93.9 Å². The highest BCUT2D eigenvalue weighted by Gasteiger charge is 2.67. The van der Waals surface area contributed by atoms with E-state index in [-0.39, 0.29) is 51.2 Å². The fourth-order valence-electron chi connectivity index (χ4n) is 10.0. The van der Waals surface area contributed by atoms with E-state index in [9.17, 15) is 23.7 Å². The van der Waals surface area contributed by atoms with Crippen LogP contribution in [0.3, 0.4) is 0 Å². The molecule has 0 saturated carbocycles. The molecule has 4 aliphatic rings. The number of fused-ring (bicyclic) bond motifs is 4. The van der Waals surface area contributed by atoms with E-state index < -0.39 is 43.4 Å². The van der Waals surface area contributed by atoms with Crippen LogP contribution in [0.1, 0.15) is 144 Å². The maximum atomic E-state index is 14.9. The van der Waals surface area contributed by atoms with Gasteiger partial charge in [0.1, 0.15) is 30.2 Å². The lowest BCUT2D eigenvalue weighted by atomic mass is 9.96. The Bertz CT molecular complexity index is 2390. The number of esters is 4. The Kier molecular flexibility index (Phi) is 23.7. The second-order valence-electron chi connectivity index (χ2n) is 19.6. The second kappa shape index (κ2) is 28.9. The van der Waals surface area contributed by atoms with Gasteiger partial charge in [-0.05, 0) is 102 Å². The second-order valence-corrected chi connectivity index (χ2v) is 31.3. The Labute approximate surface area is 464 Å². The summed E-state index contributed by atoms with van der Waals surface area (Å²) < 4.78 is 53.4. The number of hydrogen-bond acceptors (Lipinski definition) is 16. The molecule has 2 heterocycles. The third-order valence-electron chi connectivity index (χ3n) is 13.8. The molecule has 75 heavy (non-hydrogen) atoms. The normalized spacial score (nSPS) is 24.6. The lowest BCUT2D eigenvalue weighted by molar-refractivity contribution is -0.140. The summed E-state index contributed by atoms with van der Waals surface area (Å²) in [7, 11) is -4.27. The number of thioether (sulfide) groups is 4. The highest BCUT2D eigenvalue weighted by atomic mass is 32.2. The van der Waals surface area contributed by atoms with E-state index in [2.05, 4.69) is 62.8 Å². The monoisotopic (exact) mass is 1140 g/mol. The van der Waals surface area contributed by atoms with E-state index >= 15 is 0 Å². The zero-order chi connectivity index (χ0) is 54.1. The zero-order valence-corrected chi connectivity index (χ0v) is 49.8. The molecular formula is C57H78O12P2S4. The van der Waals surface area contributed by atoms with Crippen molar-refractivity contribution in [1.29, 1.82) is 0 Å². The molecule has 4 bridgehead atoms. The van der Waals surface area contributed by atoms with E-state index in [1.807, 2.05) is 49.9 Å². The topological polar surface area (TPSA) is 150 Å². The van der Waals surface area contributed by atoms with Gasteiger partial charge in [-0.1, -0.05) is 113 Å². The SMILES string of the molecule is C=C(C)C(=O)OCCOC(=O)c1ccc(CSC2(P(C)OCC)SC3(CCCCCCCCCCC45C=CC(C4)C(SCc4ccc(C(=O)OCCOC(=O)C(=C)C)cc4)(P(=O)(OCC)OCC)S5)C=CC2C3)cc1. The molecule has 0 amide bonds. The Morgan fingerprint density at radius 2 is 1.04 bits per heavy atom. The van der Waals surface area contributed by atoms with Gasteiger partial charge in [0.05, 0.1) is 32.5 Å². The summed E-state index contributed by atoms with van der Waals surface area (Å²) >= 11 is 7.59. The average Bonchev–Trinajstić information content (AvgIpc) is 4.18. The molecule has 18 heteroatoms. The molecule has 7 unspecified atom stereocenters. The van der Waals surface area contributed by atoms with Gasteiger partial charge in [0.25, 0.3) is 0 Å². The van der Waals surface area contributed by atoms with Crippen LogP contribution < -0.4 is 0 Å². The minimum Gasteiger partial charge on any atom is -0.459 e. The number of benzene rings is 2. The molecule has 0 N–H and O–H groups in total. The Hall–Kier alpha value is -2.78. The molecule has 412 valence electrons. The Balaban J connectivity index is 0.915.